The number of amides is 1. The Hall–Kier alpha value is -2.56. The summed E-state index contributed by atoms with van der Waals surface area (Å²) in [5.41, 5.74) is 2.47. The van der Waals surface area contributed by atoms with E-state index in [0.717, 1.165) is 19.1 Å². The molecule has 1 aliphatic rings. The summed E-state index contributed by atoms with van der Waals surface area (Å²) in [5.74, 6) is -1.47. The molecule has 5 heteroatoms. The fourth-order valence-electron chi connectivity index (χ4n) is 2.76. The van der Waals surface area contributed by atoms with Crippen molar-refractivity contribution < 1.29 is 19.1 Å². The molecule has 1 aromatic heterocycles. The van der Waals surface area contributed by atoms with Crippen LogP contribution in [0.2, 0.25) is 0 Å². The van der Waals surface area contributed by atoms with Gasteiger partial charge in [0.05, 0.1) is 5.56 Å². The smallest absolute Gasteiger partial charge is 0.338 e. The molecule has 1 saturated carbocycles. The summed E-state index contributed by atoms with van der Waals surface area (Å²) in [6, 6.07) is 9.43. The van der Waals surface area contributed by atoms with Gasteiger partial charge < -0.3 is 14.8 Å². The summed E-state index contributed by atoms with van der Waals surface area (Å²) in [6.45, 7) is 2.60. The van der Waals surface area contributed by atoms with Crippen LogP contribution in [0.5, 0.6) is 0 Å². The molecule has 0 saturated heterocycles. The molecule has 1 heterocycles. The van der Waals surface area contributed by atoms with Gasteiger partial charge in [-0.2, -0.15) is 0 Å². The average molecular weight is 299 g/mol. The fourth-order valence-corrected chi connectivity index (χ4v) is 2.76. The maximum atomic E-state index is 12.1. The zero-order valence-corrected chi connectivity index (χ0v) is 12.3. The average Bonchev–Trinajstić information content (AvgIpc) is 3.10. The maximum Gasteiger partial charge on any atom is 0.338 e. The van der Waals surface area contributed by atoms with E-state index in [1.807, 2.05) is 12.1 Å². The van der Waals surface area contributed by atoms with Gasteiger partial charge in [-0.15, -0.1) is 0 Å². The van der Waals surface area contributed by atoms with Gasteiger partial charge in [0.15, 0.2) is 5.76 Å². The second-order valence-corrected chi connectivity index (χ2v) is 5.78. The Balaban J connectivity index is 1.68. The quantitative estimate of drug-likeness (QED) is 0.889. The summed E-state index contributed by atoms with van der Waals surface area (Å²) >= 11 is 0. The van der Waals surface area contributed by atoms with Crippen LogP contribution in [0.4, 0.5) is 0 Å². The molecule has 0 atom stereocenters. The van der Waals surface area contributed by atoms with Crippen molar-refractivity contribution in [3.63, 3.8) is 0 Å². The number of carbonyl (C=O) groups is 2. The topological polar surface area (TPSA) is 79.5 Å². The van der Waals surface area contributed by atoms with Gasteiger partial charge >= 0.3 is 5.97 Å². The molecule has 1 amide bonds. The van der Waals surface area contributed by atoms with E-state index in [4.69, 9.17) is 9.52 Å². The molecule has 5 nitrogen and oxygen atoms in total. The molecular weight excluding hydrogens is 282 g/mol. The number of carboxylic acids is 1. The van der Waals surface area contributed by atoms with E-state index >= 15 is 0 Å². The molecule has 2 aromatic rings. The number of hydrogen-bond donors (Lipinski definition) is 2. The van der Waals surface area contributed by atoms with Gasteiger partial charge in [-0.25, -0.2) is 4.79 Å². The second kappa shape index (κ2) is 5.33. The first-order valence-electron chi connectivity index (χ1n) is 7.18. The highest BCUT2D eigenvalue weighted by molar-refractivity contribution is 5.95. The number of carbonyl (C=O) groups excluding carboxylic acids is 1. The molecule has 0 radical (unpaired) electrons. The molecule has 2 N–H and O–H groups in total. The molecule has 1 aliphatic carbocycles. The van der Waals surface area contributed by atoms with Gasteiger partial charge in [-0.3, -0.25) is 4.79 Å². The third kappa shape index (κ3) is 2.62. The number of carboxylic acid groups (broad SMARTS) is 1. The molecule has 1 aromatic carbocycles. The number of benzene rings is 1. The molecule has 114 valence electrons. The Morgan fingerprint density at radius 3 is 2.64 bits per heavy atom. The Labute approximate surface area is 127 Å². The standard InChI is InChI=1S/C17H17NO4/c1-11-4-2-3-5-13(11)17(6-7-17)10-18-15(19)14-8-12(9-22-14)16(20)21/h2-5,8-9H,6-7,10H2,1H3,(H,18,19)(H,20,21). The van der Waals surface area contributed by atoms with Crippen LogP contribution >= 0.6 is 0 Å². The number of furan rings is 1. The second-order valence-electron chi connectivity index (χ2n) is 5.78. The first kappa shape index (κ1) is 14.4. The van der Waals surface area contributed by atoms with Crippen molar-refractivity contribution in [3.05, 3.63) is 59.0 Å². The number of aryl methyl sites for hydroxylation is 1. The van der Waals surface area contributed by atoms with Gasteiger partial charge in [0.1, 0.15) is 6.26 Å². The molecule has 0 bridgehead atoms. The summed E-state index contributed by atoms with van der Waals surface area (Å²) in [5, 5.41) is 11.7. The van der Waals surface area contributed by atoms with E-state index in [-0.39, 0.29) is 22.6 Å². The first-order valence-corrected chi connectivity index (χ1v) is 7.18. The minimum atomic E-state index is -1.11. The van der Waals surface area contributed by atoms with Crippen molar-refractivity contribution in [3.8, 4) is 0 Å². The third-order valence-corrected chi connectivity index (χ3v) is 4.23. The number of nitrogens with one attached hydrogen (secondary N) is 1. The molecule has 0 aliphatic heterocycles. The molecule has 22 heavy (non-hydrogen) atoms. The minimum Gasteiger partial charge on any atom is -0.478 e. The minimum absolute atomic E-state index is 0.00320. The van der Waals surface area contributed by atoms with Crippen LogP contribution in [0.1, 0.15) is 44.9 Å². The van der Waals surface area contributed by atoms with Crippen LogP contribution in [0, 0.1) is 6.92 Å². The highest BCUT2D eigenvalue weighted by Crippen LogP contribution is 2.48. The van der Waals surface area contributed by atoms with Crippen LogP contribution in [-0.2, 0) is 5.41 Å². The predicted octanol–water partition coefficient (Wildman–Crippen LogP) is 2.75. The monoisotopic (exact) mass is 299 g/mol. The molecule has 0 unspecified atom stereocenters. The zero-order valence-electron chi connectivity index (χ0n) is 12.3. The summed E-state index contributed by atoms with van der Waals surface area (Å²) in [7, 11) is 0. The first-order chi connectivity index (χ1) is 10.5. The lowest BCUT2D eigenvalue weighted by Gasteiger charge is -2.18. The lowest BCUT2D eigenvalue weighted by atomic mass is 9.92. The Kier molecular flexibility index (Phi) is 3.48. The fraction of sp³-hybridized carbons (Fsp3) is 0.294. The van der Waals surface area contributed by atoms with Gasteiger partial charge in [-0.1, -0.05) is 24.3 Å². The van der Waals surface area contributed by atoms with Crippen molar-refractivity contribution in [2.45, 2.75) is 25.2 Å². The molecule has 0 spiro atoms. The van der Waals surface area contributed by atoms with E-state index in [0.29, 0.717) is 6.54 Å². The molecule has 1 fully saturated rings. The van der Waals surface area contributed by atoms with Gasteiger partial charge in [0.25, 0.3) is 5.91 Å². The summed E-state index contributed by atoms with van der Waals surface area (Å²) < 4.78 is 5.01. The largest absolute Gasteiger partial charge is 0.478 e. The SMILES string of the molecule is Cc1ccccc1C1(CNC(=O)c2cc(C(=O)O)co2)CC1. The van der Waals surface area contributed by atoms with E-state index in [1.165, 1.54) is 17.2 Å². The van der Waals surface area contributed by atoms with Crippen LogP contribution in [0.3, 0.4) is 0 Å². The maximum absolute atomic E-state index is 12.1. The number of hydrogen-bond acceptors (Lipinski definition) is 3. The normalized spacial score (nSPS) is 15.3. The summed E-state index contributed by atoms with van der Waals surface area (Å²) in [4.78, 5) is 22.9. The lowest BCUT2D eigenvalue weighted by molar-refractivity contribution is 0.0696. The predicted molar refractivity (Wildman–Crippen MR) is 80.1 cm³/mol. The molecular formula is C17H17NO4. The Morgan fingerprint density at radius 2 is 2.05 bits per heavy atom. The highest BCUT2D eigenvalue weighted by atomic mass is 16.4. The van der Waals surface area contributed by atoms with Crippen LogP contribution < -0.4 is 5.32 Å². The third-order valence-electron chi connectivity index (χ3n) is 4.23. The van der Waals surface area contributed by atoms with E-state index in [2.05, 4.69) is 24.4 Å². The summed E-state index contributed by atoms with van der Waals surface area (Å²) in [6.07, 6.45) is 3.15. The Morgan fingerprint density at radius 1 is 1.32 bits per heavy atom. The van der Waals surface area contributed by atoms with Crippen molar-refractivity contribution in [1.82, 2.24) is 5.32 Å². The van der Waals surface area contributed by atoms with E-state index < -0.39 is 5.97 Å². The van der Waals surface area contributed by atoms with Crippen molar-refractivity contribution in [1.29, 1.82) is 0 Å². The van der Waals surface area contributed by atoms with Crippen LogP contribution in [-0.4, -0.2) is 23.5 Å². The van der Waals surface area contributed by atoms with Crippen molar-refractivity contribution in [2.24, 2.45) is 0 Å². The number of aromatic carboxylic acids is 1. The highest BCUT2D eigenvalue weighted by Gasteiger charge is 2.45. The Bertz CT molecular complexity index is 728. The lowest BCUT2D eigenvalue weighted by Crippen LogP contribution is -2.32. The van der Waals surface area contributed by atoms with E-state index in [1.54, 1.807) is 0 Å². The van der Waals surface area contributed by atoms with Crippen molar-refractivity contribution in [2.75, 3.05) is 6.54 Å². The number of rotatable bonds is 5. The molecule has 3 rings (SSSR count). The van der Waals surface area contributed by atoms with Crippen molar-refractivity contribution >= 4 is 11.9 Å². The van der Waals surface area contributed by atoms with Gasteiger partial charge in [-0.05, 0) is 30.9 Å². The van der Waals surface area contributed by atoms with Gasteiger partial charge in [0.2, 0.25) is 0 Å². The van der Waals surface area contributed by atoms with Crippen LogP contribution in [0.15, 0.2) is 41.0 Å². The van der Waals surface area contributed by atoms with Crippen LogP contribution in [0.25, 0.3) is 0 Å². The van der Waals surface area contributed by atoms with E-state index in [9.17, 15) is 9.59 Å². The van der Waals surface area contributed by atoms with Gasteiger partial charge in [0, 0.05) is 18.0 Å². The zero-order chi connectivity index (χ0) is 15.7.